The van der Waals surface area contributed by atoms with Gasteiger partial charge in [-0.3, -0.25) is 0 Å². The molecule has 1 saturated heterocycles. The molecule has 1 atom stereocenters. The second-order valence-electron chi connectivity index (χ2n) is 4.34. The summed E-state index contributed by atoms with van der Waals surface area (Å²) in [5.41, 5.74) is 0. The maximum absolute atomic E-state index is 5.47. The number of nitrogens with one attached hydrogen (secondary N) is 1. The van der Waals surface area contributed by atoms with E-state index in [1.807, 2.05) is 6.08 Å². The Bertz CT molecular complexity index is 167. The van der Waals surface area contributed by atoms with Crippen molar-refractivity contribution in [2.75, 3.05) is 46.4 Å². The first-order valence-electron chi connectivity index (χ1n) is 5.91. The highest BCUT2D eigenvalue weighted by molar-refractivity contribution is 4.71. The molecule has 1 N–H and O–H groups in total. The summed E-state index contributed by atoms with van der Waals surface area (Å²) in [4.78, 5) is 2.38. The molecule has 0 aromatic carbocycles. The molecule has 0 saturated carbocycles. The van der Waals surface area contributed by atoms with Crippen molar-refractivity contribution in [3.05, 3.63) is 12.7 Å². The number of hydrogen-bond acceptors (Lipinski definition) is 3. The summed E-state index contributed by atoms with van der Waals surface area (Å²) < 4.78 is 5.47. The van der Waals surface area contributed by atoms with Crippen LogP contribution in [0.5, 0.6) is 0 Å². The smallest absolute Gasteiger partial charge is 0.0506 e. The molecule has 1 heterocycles. The first kappa shape index (κ1) is 12.7. The van der Waals surface area contributed by atoms with Crippen molar-refractivity contribution in [3.63, 3.8) is 0 Å². The SMILES string of the molecule is C=CCNCCN(C)CC1CCCOC1. The molecular formula is C12H24N2O. The third-order valence-corrected chi connectivity index (χ3v) is 2.78. The van der Waals surface area contributed by atoms with E-state index in [1.165, 1.54) is 12.8 Å². The predicted octanol–water partition coefficient (Wildman–Crippen LogP) is 1.12. The highest BCUT2D eigenvalue weighted by Crippen LogP contribution is 2.13. The summed E-state index contributed by atoms with van der Waals surface area (Å²) in [7, 11) is 2.18. The Labute approximate surface area is 93.5 Å². The molecule has 0 radical (unpaired) electrons. The van der Waals surface area contributed by atoms with Crippen molar-refractivity contribution in [2.24, 2.45) is 5.92 Å². The summed E-state index contributed by atoms with van der Waals surface area (Å²) in [5.74, 6) is 0.739. The van der Waals surface area contributed by atoms with Gasteiger partial charge in [0, 0.05) is 32.8 Å². The summed E-state index contributed by atoms with van der Waals surface area (Å²) in [6.07, 6.45) is 4.45. The van der Waals surface area contributed by atoms with Crippen LogP contribution in [0.4, 0.5) is 0 Å². The van der Waals surface area contributed by atoms with Crippen LogP contribution in [0.25, 0.3) is 0 Å². The lowest BCUT2D eigenvalue weighted by Gasteiger charge is -2.27. The Morgan fingerprint density at radius 1 is 1.60 bits per heavy atom. The van der Waals surface area contributed by atoms with Crippen molar-refractivity contribution in [1.82, 2.24) is 10.2 Å². The normalized spacial score (nSPS) is 21.9. The standard InChI is InChI=1S/C12H24N2O/c1-3-6-13-7-8-14(2)10-12-5-4-9-15-11-12/h3,12-13H,1,4-11H2,2H3. The lowest BCUT2D eigenvalue weighted by Crippen LogP contribution is -2.35. The van der Waals surface area contributed by atoms with Crippen LogP contribution in [0, 0.1) is 5.92 Å². The van der Waals surface area contributed by atoms with Gasteiger partial charge in [0.1, 0.15) is 0 Å². The topological polar surface area (TPSA) is 24.5 Å². The van der Waals surface area contributed by atoms with Gasteiger partial charge in [-0.2, -0.15) is 0 Å². The fourth-order valence-electron chi connectivity index (χ4n) is 1.96. The van der Waals surface area contributed by atoms with E-state index in [9.17, 15) is 0 Å². The van der Waals surface area contributed by atoms with Crippen molar-refractivity contribution >= 4 is 0 Å². The first-order valence-corrected chi connectivity index (χ1v) is 5.91. The lowest BCUT2D eigenvalue weighted by molar-refractivity contribution is 0.0422. The average molecular weight is 212 g/mol. The van der Waals surface area contributed by atoms with Crippen molar-refractivity contribution in [2.45, 2.75) is 12.8 Å². The van der Waals surface area contributed by atoms with E-state index in [4.69, 9.17) is 4.74 Å². The van der Waals surface area contributed by atoms with Crippen molar-refractivity contribution in [3.8, 4) is 0 Å². The number of nitrogens with zero attached hydrogens (tertiary/aromatic N) is 1. The molecule has 0 bridgehead atoms. The van der Waals surface area contributed by atoms with E-state index in [-0.39, 0.29) is 0 Å². The number of rotatable bonds is 7. The molecule has 1 rings (SSSR count). The first-order chi connectivity index (χ1) is 7.33. The van der Waals surface area contributed by atoms with E-state index in [0.717, 1.165) is 45.3 Å². The number of hydrogen-bond donors (Lipinski definition) is 1. The highest BCUT2D eigenvalue weighted by Gasteiger charge is 2.15. The molecule has 0 spiro atoms. The molecule has 1 aliphatic heterocycles. The Morgan fingerprint density at radius 3 is 3.13 bits per heavy atom. The summed E-state index contributed by atoms with van der Waals surface area (Å²) in [6, 6.07) is 0. The second kappa shape index (κ2) is 7.85. The van der Waals surface area contributed by atoms with Gasteiger partial charge in [-0.15, -0.1) is 6.58 Å². The van der Waals surface area contributed by atoms with E-state index < -0.39 is 0 Å². The molecule has 88 valence electrons. The fraction of sp³-hybridized carbons (Fsp3) is 0.833. The maximum Gasteiger partial charge on any atom is 0.0506 e. The van der Waals surface area contributed by atoms with Crippen molar-refractivity contribution in [1.29, 1.82) is 0 Å². The van der Waals surface area contributed by atoms with Gasteiger partial charge in [0.2, 0.25) is 0 Å². The molecule has 0 aromatic heterocycles. The second-order valence-corrected chi connectivity index (χ2v) is 4.34. The van der Waals surface area contributed by atoms with Gasteiger partial charge in [0.25, 0.3) is 0 Å². The van der Waals surface area contributed by atoms with Crippen LogP contribution >= 0.6 is 0 Å². The molecule has 0 aromatic rings. The average Bonchev–Trinajstić information content (AvgIpc) is 2.26. The summed E-state index contributed by atoms with van der Waals surface area (Å²) >= 11 is 0. The maximum atomic E-state index is 5.47. The fourth-order valence-corrected chi connectivity index (χ4v) is 1.96. The highest BCUT2D eigenvalue weighted by atomic mass is 16.5. The van der Waals surface area contributed by atoms with Crippen LogP contribution in [-0.4, -0.2) is 51.3 Å². The van der Waals surface area contributed by atoms with Gasteiger partial charge in [-0.25, -0.2) is 0 Å². The molecule has 3 heteroatoms. The molecule has 0 amide bonds. The minimum atomic E-state index is 0.739. The quantitative estimate of drug-likeness (QED) is 0.505. The van der Waals surface area contributed by atoms with E-state index in [0.29, 0.717) is 0 Å². The molecule has 3 nitrogen and oxygen atoms in total. The van der Waals surface area contributed by atoms with E-state index >= 15 is 0 Å². The zero-order chi connectivity index (χ0) is 10.9. The van der Waals surface area contributed by atoms with Crippen LogP contribution < -0.4 is 5.32 Å². The molecular weight excluding hydrogens is 188 g/mol. The van der Waals surface area contributed by atoms with Gasteiger partial charge >= 0.3 is 0 Å². The summed E-state index contributed by atoms with van der Waals surface area (Å²) in [5, 5.41) is 3.31. The van der Waals surface area contributed by atoms with Crippen LogP contribution in [0.3, 0.4) is 0 Å². The minimum absolute atomic E-state index is 0.739. The Morgan fingerprint density at radius 2 is 2.47 bits per heavy atom. The van der Waals surface area contributed by atoms with Gasteiger partial charge in [0.15, 0.2) is 0 Å². The van der Waals surface area contributed by atoms with Crippen LogP contribution in [0.2, 0.25) is 0 Å². The molecule has 15 heavy (non-hydrogen) atoms. The van der Waals surface area contributed by atoms with E-state index in [1.54, 1.807) is 0 Å². The van der Waals surface area contributed by atoms with Crippen LogP contribution in [0.15, 0.2) is 12.7 Å². The van der Waals surface area contributed by atoms with Crippen LogP contribution in [-0.2, 0) is 4.74 Å². The van der Waals surface area contributed by atoms with Gasteiger partial charge in [0.05, 0.1) is 6.61 Å². The minimum Gasteiger partial charge on any atom is -0.381 e. The zero-order valence-corrected chi connectivity index (χ0v) is 9.87. The predicted molar refractivity (Wildman–Crippen MR) is 64.1 cm³/mol. The number of ether oxygens (including phenoxy) is 1. The van der Waals surface area contributed by atoms with Gasteiger partial charge < -0.3 is 15.0 Å². The van der Waals surface area contributed by atoms with Gasteiger partial charge in [-0.1, -0.05) is 6.08 Å². The van der Waals surface area contributed by atoms with E-state index in [2.05, 4.69) is 23.8 Å². The third-order valence-electron chi connectivity index (χ3n) is 2.78. The lowest BCUT2D eigenvalue weighted by atomic mass is 10.0. The largest absolute Gasteiger partial charge is 0.381 e. The van der Waals surface area contributed by atoms with Crippen molar-refractivity contribution < 1.29 is 4.74 Å². The Balaban J connectivity index is 2.01. The molecule has 1 aliphatic rings. The van der Waals surface area contributed by atoms with Gasteiger partial charge in [-0.05, 0) is 25.8 Å². The molecule has 1 fully saturated rings. The van der Waals surface area contributed by atoms with Crippen LogP contribution in [0.1, 0.15) is 12.8 Å². The third kappa shape index (κ3) is 5.92. The Hall–Kier alpha value is -0.380. The monoisotopic (exact) mass is 212 g/mol. The molecule has 0 aliphatic carbocycles. The molecule has 1 unspecified atom stereocenters. The zero-order valence-electron chi connectivity index (χ0n) is 9.87. The number of likely N-dealkylation sites (N-methyl/N-ethyl adjacent to an activating group) is 1. The Kier molecular flexibility index (Phi) is 6.64. The summed E-state index contributed by atoms with van der Waals surface area (Å²) in [6.45, 7) is 9.79.